The fourth-order valence-corrected chi connectivity index (χ4v) is 4.92. The van der Waals surface area contributed by atoms with Gasteiger partial charge >= 0.3 is 0 Å². The van der Waals surface area contributed by atoms with E-state index >= 15 is 0 Å². The lowest BCUT2D eigenvalue weighted by molar-refractivity contribution is 0.00729. The Kier molecular flexibility index (Phi) is 3.62. The molecule has 5 nitrogen and oxygen atoms in total. The fourth-order valence-electron chi connectivity index (χ4n) is 4.25. The van der Waals surface area contributed by atoms with Crippen LogP contribution in [-0.4, -0.2) is 39.7 Å². The molecule has 0 N–H and O–H groups in total. The number of amides is 2. The van der Waals surface area contributed by atoms with E-state index in [1.54, 1.807) is 12.3 Å². The van der Waals surface area contributed by atoms with E-state index in [1.165, 1.54) is 11.3 Å². The number of benzene rings is 1. The summed E-state index contributed by atoms with van der Waals surface area (Å²) in [6.07, 6.45) is 2.21. The molecular formula is C21H17N3O2S. The molecule has 27 heavy (non-hydrogen) atoms. The van der Waals surface area contributed by atoms with Crippen molar-refractivity contribution in [3.63, 3.8) is 0 Å². The molecule has 1 fully saturated rings. The van der Waals surface area contributed by atoms with Crippen molar-refractivity contribution in [2.45, 2.75) is 12.1 Å². The first-order valence-corrected chi connectivity index (χ1v) is 9.76. The van der Waals surface area contributed by atoms with Crippen LogP contribution in [0.5, 0.6) is 0 Å². The number of nitrogens with zero attached hydrogens (tertiary/aromatic N) is 3. The van der Waals surface area contributed by atoms with Crippen molar-refractivity contribution in [1.29, 1.82) is 0 Å². The maximum Gasteiger partial charge on any atom is 0.266 e. The van der Waals surface area contributed by atoms with Crippen molar-refractivity contribution in [3.05, 3.63) is 87.9 Å². The number of hydrogen-bond acceptors (Lipinski definition) is 4. The second-order valence-electron chi connectivity index (χ2n) is 6.75. The molecule has 5 rings (SSSR count). The summed E-state index contributed by atoms with van der Waals surface area (Å²) in [4.78, 5) is 35.5. The quantitative estimate of drug-likeness (QED) is 0.691. The minimum Gasteiger partial charge on any atom is -0.309 e. The standard InChI is InChI=1S/C21H17N3O2S/c25-19-16-8-4-10-22-17(16)14-21(15-6-2-1-3-7-15)23(19)11-12-24(21)20(26)18-9-5-13-27-18/h1-10,13H,11-12,14H2. The Morgan fingerprint density at radius 2 is 1.89 bits per heavy atom. The summed E-state index contributed by atoms with van der Waals surface area (Å²) in [5, 5.41) is 1.90. The SMILES string of the molecule is O=C(c1cccs1)N1CCN2C(=O)c3cccnc3CC12c1ccccc1. The van der Waals surface area contributed by atoms with Gasteiger partial charge in [0, 0.05) is 25.7 Å². The van der Waals surface area contributed by atoms with Gasteiger partial charge in [0.1, 0.15) is 5.66 Å². The number of carbonyl (C=O) groups excluding carboxylic acids is 2. The van der Waals surface area contributed by atoms with Crippen molar-refractivity contribution in [3.8, 4) is 0 Å². The van der Waals surface area contributed by atoms with E-state index in [2.05, 4.69) is 4.98 Å². The van der Waals surface area contributed by atoms with Crippen LogP contribution in [-0.2, 0) is 12.1 Å². The van der Waals surface area contributed by atoms with Gasteiger partial charge in [-0.25, -0.2) is 0 Å². The van der Waals surface area contributed by atoms with Crippen LogP contribution < -0.4 is 0 Å². The lowest BCUT2D eigenvalue weighted by Crippen LogP contribution is -2.58. The molecule has 1 unspecified atom stereocenters. The van der Waals surface area contributed by atoms with Gasteiger partial charge in [-0.05, 0) is 29.1 Å². The molecule has 0 radical (unpaired) electrons. The van der Waals surface area contributed by atoms with Gasteiger partial charge in [-0.15, -0.1) is 11.3 Å². The maximum absolute atomic E-state index is 13.3. The highest BCUT2D eigenvalue weighted by molar-refractivity contribution is 7.12. The number of carbonyl (C=O) groups is 2. The molecular weight excluding hydrogens is 358 g/mol. The molecule has 0 aliphatic carbocycles. The summed E-state index contributed by atoms with van der Waals surface area (Å²) in [5.41, 5.74) is 1.49. The van der Waals surface area contributed by atoms with E-state index in [1.807, 2.05) is 63.7 Å². The second-order valence-corrected chi connectivity index (χ2v) is 7.70. The summed E-state index contributed by atoms with van der Waals surface area (Å²) in [5.74, 6) is -0.0989. The minimum atomic E-state index is -0.833. The summed E-state index contributed by atoms with van der Waals surface area (Å²) < 4.78 is 0. The van der Waals surface area contributed by atoms with Crippen LogP contribution in [0.2, 0.25) is 0 Å². The van der Waals surface area contributed by atoms with E-state index in [-0.39, 0.29) is 11.8 Å². The van der Waals surface area contributed by atoms with Crippen molar-refractivity contribution >= 4 is 23.2 Å². The van der Waals surface area contributed by atoms with Gasteiger partial charge < -0.3 is 9.80 Å². The van der Waals surface area contributed by atoms with Crippen molar-refractivity contribution < 1.29 is 9.59 Å². The van der Waals surface area contributed by atoms with Gasteiger partial charge in [0.15, 0.2) is 0 Å². The molecule has 0 spiro atoms. The van der Waals surface area contributed by atoms with Gasteiger partial charge in [0.05, 0.1) is 16.1 Å². The summed E-state index contributed by atoms with van der Waals surface area (Å²) in [6.45, 7) is 1.02. The van der Waals surface area contributed by atoms with Gasteiger partial charge in [-0.2, -0.15) is 0 Å². The summed E-state index contributed by atoms with van der Waals surface area (Å²) in [7, 11) is 0. The average Bonchev–Trinajstić information content (AvgIpc) is 3.37. The van der Waals surface area contributed by atoms with E-state index in [4.69, 9.17) is 0 Å². The van der Waals surface area contributed by atoms with Crippen molar-refractivity contribution in [2.24, 2.45) is 0 Å². The zero-order valence-corrected chi connectivity index (χ0v) is 15.4. The zero-order valence-electron chi connectivity index (χ0n) is 14.5. The highest BCUT2D eigenvalue weighted by Gasteiger charge is 2.56. The number of pyridine rings is 1. The number of thiophene rings is 1. The van der Waals surface area contributed by atoms with Crippen molar-refractivity contribution in [1.82, 2.24) is 14.8 Å². The molecule has 1 saturated heterocycles. The molecule has 0 saturated carbocycles. The number of hydrogen-bond donors (Lipinski definition) is 0. The van der Waals surface area contributed by atoms with Gasteiger partial charge in [0.2, 0.25) is 0 Å². The average molecular weight is 375 g/mol. The molecule has 134 valence electrons. The first kappa shape index (κ1) is 16.2. The molecule has 2 aliphatic rings. The largest absolute Gasteiger partial charge is 0.309 e. The Labute approximate surface area is 160 Å². The molecule has 0 bridgehead atoms. The molecule has 2 aliphatic heterocycles. The van der Waals surface area contributed by atoms with Crippen LogP contribution in [0, 0.1) is 0 Å². The molecule has 1 atom stereocenters. The fraction of sp³-hybridized carbons (Fsp3) is 0.190. The monoisotopic (exact) mass is 375 g/mol. The normalized spacial score (nSPS) is 21.1. The van der Waals surface area contributed by atoms with Crippen LogP contribution in [0.3, 0.4) is 0 Å². The first-order valence-electron chi connectivity index (χ1n) is 8.89. The minimum absolute atomic E-state index is 0.0384. The number of fused-ring (bicyclic) bond motifs is 2. The van der Waals surface area contributed by atoms with Crippen LogP contribution in [0.15, 0.2) is 66.2 Å². The molecule has 6 heteroatoms. The highest BCUT2D eigenvalue weighted by atomic mass is 32.1. The summed E-state index contributed by atoms with van der Waals surface area (Å²) in [6, 6.07) is 17.2. The van der Waals surface area contributed by atoms with Gasteiger partial charge in [-0.3, -0.25) is 14.6 Å². The predicted octanol–water partition coefficient (Wildman–Crippen LogP) is 3.15. The Morgan fingerprint density at radius 3 is 2.67 bits per heavy atom. The van der Waals surface area contributed by atoms with Crippen LogP contribution >= 0.6 is 11.3 Å². The van der Waals surface area contributed by atoms with E-state index < -0.39 is 5.66 Å². The number of aromatic nitrogens is 1. The van der Waals surface area contributed by atoms with Crippen molar-refractivity contribution in [2.75, 3.05) is 13.1 Å². The zero-order chi connectivity index (χ0) is 18.4. The topological polar surface area (TPSA) is 53.5 Å². The lowest BCUT2D eigenvalue weighted by atomic mass is 9.86. The van der Waals surface area contributed by atoms with E-state index in [0.717, 1.165) is 11.3 Å². The van der Waals surface area contributed by atoms with Gasteiger partial charge in [0.25, 0.3) is 11.8 Å². The van der Waals surface area contributed by atoms with E-state index in [0.29, 0.717) is 30.0 Å². The third-order valence-electron chi connectivity index (χ3n) is 5.43. The van der Waals surface area contributed by atoms with Crippen LogP contribution in [0.1, 0.15) is 31.3 Å². The number of rotatable bonds is 2. The molecule has 2 aromatic heterocycles. The summed E-state index contributed by atoms with van der Waals surface area (Å²) >= 11 is 1.43. The Balaban J connectivity index is 1.71. The van der Waals surface area contributed by atoms with Crippen LogP contribution in [0.25, 0.3) is 0 Å². The lowest BCUT2D eigenvalue weighted by Gasteiger charge is -2.46. The third kappa shape index (κ3) is 2.26. The smallest absolute Gasteiger partial charge is 0.266 e. The molecule has 2 amide bonds. The Bertz CT molecular complexity index is 1020. The first-order chi connectivity index (χ1) is 13.2. The molecule has 1 aromatic carbocycles. The Hall–Kier alpha value is -2.99. The second kappa shape index (κ2) is 6.03. The van der Waals surface area contributed by atoms with Crippen LogP contribution in [0.4, 0.5) is 0 Å². The van der Waals surface area contributed by atoms with E-state index in [9.17, 15) is 9.59 Å². The Morgan fingerprint density at radius 1 is 1.04 bits per heavy atom. The highest BCUT2D eigenvalue weighted by Crippen LogP contribution is 2.45. The van der Waals surface area contributed by atoms with Gasteiger partial charge in [-0.1, -0.05) is 36.4 Å². The molecule has 3 aromatic rings. The maximum atomic E-state index is 13.3. The predicted molar refractivity (Wildman–Crippen MR) is 102 cm³/mol. The third-order valence-corrected chi connectivity index (χ3v) is 6.29. The molecule has 4 heterocycles.